The van der Waals surface area contributed by atoms with Crippen LogP contribution in [0.3, 0.4) is 0 Å². The Labute approximate surface area is 100 Å². The minimum Gasteiger partial charge on any atom is -0.296 e. The lowest BCUT2D eigenvalue weighted by atomic mass is 10.1. The lowest BCUT2D eigenvalue weighted by Gasteiger charge is -2.07. The molecule has 0 saturated heterocycles. The van der Waals surface area contributed by atoms with Crippen LogP contribution >= 0.6 is 0 Å². The predicted molar refractivity (Wildman–Crippen MR) is 57.9 cm³/mol. The second-order valence-corrected chi connectivity index (χ2v) is 3.52. The molecule has 0 radical (unpaired) electrons. The number of alkyl halides is 3. The number of rotatable bonds is 2. The Hall–Kier alpha value is -2.24. The highest BCUT2D eigenvalue weighted by Gasteiger charge is 2.29. The third-order valence-electron chi connectivity index (χ3n) is 2.28. The van der Waals surface area contributed by atoms with E-state index < -0.39 is 11.7 Å². The Balaban J connectivity index is 2.37. The van der Waals surface area contributed by atoms with Crippen molar-refractivity contribution in [1.29, 1.82) is 0 Å². The highest BCUT2D eigenvalue weighted by Crippen LogP contribution is 2.30. The topological polar surface area (TPSA) is 42.9 Å². The van der Waals surface area contributed by atoms with Crippen LogP contribution in [0.25, 0.3) is 11.3 Å². The summed E-state index contributed by atoms with van der Waals surface area (Å²) in [6, 6.07) is 4.51. The molecule has 0 unspecified atom stereocenters. The maximum absolute atomic E-state index is 12.4. The van der Waals surface area contributed by atoms with Crippen molar-refractivity contribution in [3.05, 3.63) is 47.9 Å². The fraction of sp³-hybridized carbons (Fsp3) is 0.0833. The minimum absolute atomic E-state index is 0.132. The van der Waals surface area contributed by atoms with Crippen LogP contribution in [0.15, 0.2) is 36.7 Å². The zero-order chi connectivity index (χ0) is 13.2. The molecule has 0 bridgehead atoms. The third kappa shape index (κ3) is 2.53. The van der Waals surface area contributed by atoms with Crippen molar-refractivity contribution in [2.45, 2.75) is 6.18 Å². The number of carbonyl (C=O) groups excluding carboxylic acids is 1. The van der Waals surface area contributed by atoms with Gasteiger partial charge >= 0.3 is 6.18 Å². The number of benzene rings is 1. The first kappa shape index (κ1) is 12.2. The van der Waals surface area contributed by atoms with Gasteiger partial charge in [-0.25, -0.2) is 4.98 Å². The maximum atomic E-state index is 12.4. The first-order valence-corrected chi connectivity index (χ1v) is 4.95. The number of carbonyl (C=O) groups is 1. The molecule has 0 aliphatic carbocycles. The molecule has 2 rings (SSSR count). The first-order valence-electron chi connectivity index (χ1n) is 4.95. The van der Waals surface area contributed by atoms with Crippen LogP contribution in [0.1, 0.15) is 16.1 Å². The first-order chi connectivity index (χ1) is 8.50. The smallest absolute Gasteiger partial charge is 0.296 e. The standard InChI is InChI=1S/C12H7F3N2O/c13-12(14,15)9-3-1-8(2-4-9)11-6-16-5-10(7-18)17-11/h1-7H. The van der Waals surface area contributed by atoms with E-state index in [9.17, 15) is 18.0 Å². The van der Waals surface area contributed by atoms with Crippen molar-refractivity contribution < 1.29 is 18.0 Å². The van der Waals surface area contributed by atoms with Gasteiger partial charge in [-0.2, -0.15) is 13.2 Å². The molecule has 0 saturated carbocycles. The number of aldehydes is 1. The molecule has 0 N–H and O–H groups in total. The van der Waals surface area contributed by atoms with Crippen LogP contribution in [0.2, 0.25) is 0 Å². The fourth-order valence-electron chi connectivity index (χ4n) is 1.41. The zero-order valence-corrected chi connectivity index (χ0v) is 8.98. The summed E-state index contributed by atoms with van der Waals surface area (Å²) in [7, 11) is 0. The SMILES string of the molecule is O=Cc1cncc(-c2ccc(C(F)(F)F)cc2)n1. The number of halogens is 3. The highest BCUT2D eigenvalue weighted by molar-refractivity contribution is 5.72. The fourth-order valence-corrected chi connectivity index (χ4v) is 1.41. The van der Waals surface area contributed by atoms with E-state index in [2.05, 4.69) is 9.97 Å². The molecule has 0 amide bonds. The van der Waals surface area contributed by atoms with Gasteiger partial charge in [0.15, 0.2) is 6.29 Å². The lowest BCUT2D eigenvalue weighted by molar-refractivity contribution is -0.137. The van der Waals surface area contributed by atoms with Crippen LogP contribution in [0.5, 0.6) is 0 Å². The van der Waals surface area contributed by atoms with Gasteiger partial charge in [-0.3, -0.25) is 9.78 Å². The number of hydrogen-bond donors (Lipinski definition) is 0. The van der Waals surface area contributed by atoms with Crippen molar-refractivity contribution in [1.82, 2.24) is 9.97 Å². The van der Waals surface area contributed by atoms with Crippen molar-refractivity contribution in [3.8, 4) is 11.3 Å². The molecule has 0 fully saturated rings. The summed E-state index contributed by atoms with van der Waals surface area (Å²) >= 11 is 0. The Morgan fingerprint density at radius 1 is 1.06 bits per heavy atom. The van der Waals surface area contributed by atoms with Crippen LogP contribution in [0, 0.1) is 0 Å². The molecule has 6 heteroatoms. The summed E-state index contributed by atoms with van der Waals surface area (Å²) in [6.07, 6.45) is -1.17. The summed E-state index contributed by atoms with van der Waals surface area (Å²) in [5, 5.41) is 0. The molecule has 1 aromatic carbocycles. The molecule has 0 atom stereocenters. The average Bonchev–Trinajstić information content (AvgIpc) is 2.38. The minimum atomic E-state index is -4.37. The van der Waals surface area contributed by atoms with Gasteiger partial charge in [0, 0.05) is 5.56 Å². The second-order valence-electron chi connectivity index (χ2n) is 3.52. The summed E-state index contributed by atoms with van der Waals surface area (Å²) < 4.78 is 37.1. The van der Waals surface area contributed by atoms with E-state index >= 15 is 0 Å². The summed E-state index contributed by atoms with van der Waals surface area (Å²) in [4.78, 5) is 18.3. The Morgan fingerprint density at radius 3 is 2.28 bits per heavy atom. The molecule has 2 aromatic rings. The van der Waals surface area contributed by atoms with Gasteiger partial charge in [0.1, 0.15) is 5.69 Å². The summed E-state index contributed by atoms with van der Waals surface area (Å²) in [5.74, 6) is 0. The Kier molecular flexibility index (Phi) is 3.10. The molecular weight excluding hydrogens is 245 g/mol. The second kappa shape index (κ2) is 4.56. The number of hydrogen-bond acceptors (Lipinski definition) is 3. The molecule has 1 heterocycles. The normalized spacial score (nSPS) is 11.3. The molecule has 3 nitrogen and oxygen atoms in total. The Bertz CT molecular complexity index is 564. The number of nitrogens with zero attached hydrogens (tertiary/aromatic N) is 2. The monoisotopic (exact) mass is 252 g/mol. The summed E-state index contributed by atoms with van der Waals surface area (Å²) in [5.41, 5.74) is 0.227. The Morgan fingerprint density at radius 2 is 1.72 bits per heavy atom. The average molecular weight is 252 g/mol. The van der Waals surface area contributed by atoms with E-state index in [1.54, 1.807) is 0 Å². The van der Waals surface area contributed by atoms with Gasteiger partial charge in [-0.1, -0.05) is 12.1 Å². The quantitative estimate of drug-likeness (QED) is 0.771. The van der Waals surface area contributed by atoms with E-state index in [1.165, 1.54) is 24.5 Å². The van der Waals surface area contributed by atoms with E-state index in [-0.39, 0.29) is 5.69 Å². The molecule has 1 aromatic heterocycles. The van der Waals surface area contributed by atoms with E-state index in [1.807, 2.05) is 0 Å². The van der Waals surface area contributed by atoms with Crippen molar-refractivity contribution in [2.24, 2.45) is 0 Å². The molecule has 18 heavy (non-hydrogen) atoms. The number of aromatic nitrogens is 2. The molecule has 0 spiro atoms. The molecule has 92 valence electrons. The molecule has 0 aliphatic rings. The van der Waals surface area contributed by atoms with Crippen LogP contribution in [-0.4, -0.2) is 16.3 Å². The lowest BCUT2D eigenvalue weighted by Crippen LogP contribution is -2.04. The van der Waals surface area contributed by atoms with E-state index in [0.29, 0.717) is 17.5 Å². The largest absolute Gasteiger partial charge is 0.416 e. The zero-order valence-electron chi connectivity index (χ0n) is 8.98. The van der Waals surface area contributed by atoms with Crippen LogP contribution < -0.4 is 0 Å². The van der Waals surface area contributed by atoms with Crippen molar-refractivity contribution in [3.63, 3.8) is 0 Å². The highest BCUT2D eigenvalue weighted by atomic mass is 19.4. The summed E-state index contributed by atoms with van der Waals surface area (Å²) in [6.45, 7) is 0. The van der Waals surface area contributed by atoms with E-state index in [4.69, 9.17) is 0 Å². The third-order valence-corrected chi connectivity index (χ3v) is 2.28. The van der Waals surface area contributed by atoms with Crippen LogP contribution in [-0.2, 0) is 6.18 Å². The molecular formula is C12H7F3N2O. The predicted octanol–water partition coefficient (Wildman–Crippen LogP) is 2.97. The maximum Gasteiger partial charge on any atom is 0.416 e. The molecule has 0 aliphatic heterocycles. The van der Waals surface area contributed by atoms with Gasteiger partial charge in [-0.15, -0.1) is 0 Å². The van der Waals surface area contributed by atoms with Gasteiger partial charge in [0.2, 0.25) is 0 Å². The van der Waals surface area contributed by atoms with Gasteiger partial charge in [0.05, 0.1) is 23.7 Å². The van der Waals surface area contributed by atoms with Crippen molar-refractivity contribution >= 4 is 6.29 Å². The van der Waals surface area contributed by atoms with Gasteiger partial charge < -0.3 is 0 Å². The van der Waals surface area contributed by atoms with Crippen LogP contribution in [0.4, 0.5) is 13.2 Å². The van der Waals surface area contributed by atoms with E-state index in [0.717, 1.165) is 12.1 Å². The van der Waals surface area contributed by atoms with Gasteiger partial charge in [0.25, 0.3) is 0 Å². The van der Waals surface area contributed by atoms with Crippen molar-refractivity contribution in [2.75, 3.05) is 0 Å². The van der Waals surface area contributed by atoms with Gasteiger partial charge in [-0.05, 0) is 12.1 Å².